The Hall–Kier alpha value is -4.11. The summed E-state index contributed by atoms with van der Waals surface area (Å²) in [4.78, 5) is 25.4. The van der Waals surface area contributed by atoms with Crippen molar-refractivity contribution in [2.24, 2.45) is 0 Å². The highest BCUT2D eigenvalue weighted by Gasteiger charge is 2.16. The number of hydrogen-bond donors (Lipinski definition) is 2. The Morgan fingerprint density at radius 3 is 2.54 bits per heavy atom. The van der Waals surface area contributed by atoms with Crippen molar-refractivity contribution < 1.29 is 14.3 Å². The number of hydrogen-bond acceptors (Lipinski definition) is 6. The molecule has 178 valence electrons. The highest BCUT2D eigenvalue weighted by Crippen LogP contribution is 2.26. The van der Waals surface area contributed by atoms with Crippen LogP contribution < -0.4 is 15.4 Å². The number of anilines is 1. The third-order valence-electron chi connectivity index (χ3n) is 5.18. The van der Waals surface area contributed by atoms with Gasteiger partial charge < -0.3 is 15.4 Å². The number of benzene rings is 3. The van der Waals surface area contributed by atoms with Gasteiger partial charge in [-0.05, 0) is 36.2 Å². The van der Waals surface area contributed by atoms with Crippen molar-refractivity contribution in [1.82, 2.24) is 20.1 Å². The molecule has 0 fully saturated rings. The number of nitrogens with one attached hydrogen (secondary N) is 2. The summed E-state index contributed by atoms with van der Waals surface area (Å²) in [7, 11) is 1.60. The van der Waals surface area contributed by atoms with Gasteiger partial charge in [-0.25, -0.2) is 0 Å². The Labute approximate surface area is 207 Å². The Morgan fingerprint density at radius 1 is 0.971 bits per heavy atom. The van der Waals surface area contributed by atoms with E-state index in [1.807, 2.05) is 54.6 Å². The fourth-order valence-corrected chi connectivity index (χ4v) is 4.21. The van der Waals surface area contributed by atoms with Crippen LogP contribution in [0.4, 0.5) is 5.69 Å². The highest BCUT2D eigenvalue weighted by atomic mass is 32.2. The third kappa shape index (κ3) is 6.27. The maximum absolute atomic E-state index is 12.7. The molecule has 0 aliphatic heterocycles. The third-order valence-corrected chi connectivity index (χ3v) is 6.12. The van der Waals surface area contributed by atoms with Gasteiger partial charge >= 0.3 is 0 Å². The first-order valence-electron chi connectivity index (χ1n) is 11.0. The van der Waals surface area contributed by atoms with Gasteiger partial charge in [-0.15, -0.1) is 10.2 Å². The molecule has 35 heavy (non-hydrogen) atoms. The molecule has 0 saturated heterocycles. The zero-order valence-electron chi connectivity index (χ0n) is 19.2. The monoisotopic (exact) mass is 487 g/mol. The van der Waals surface area contributed by atoms with E-state index in [-0.39, 0.29) is 17.6 Å². The lowest BCUT2D eigenvalue weighted by molar-refractivity contribution is -0.113. The van der Waals surface area contributed by atoms with Crippen LogP contribution in [-0.2, 0) is 11.2 Å². The Kier molecular flexibility index (Phi) is 8.13. The SMILES string of the molecule is COc1ccccc1-n1cnnc1SCC(=O)Nc1ccccc1C(=O)NCCc1ccccc1. The van der Waals surface area contributed by atoms with Crippen LogP contribution in [0.2, 0.25) is 0 Å². The fraction of sp³-hybridized carbons (Fsp3) is 0.154. The zero-order chi connectivity index (χ0) is 24.5. The number of methoxy groups -OCH3 is 1. The van der Waals surface area contributed by atoms with Gasteiger partial charge in [-0.1, -0.05) is 66.4 Å². The number of rotatable bonds is 10. The molecule has 0 unspecified atom stereocenters. The highest BCUT2D eigenvalue weighted by molar-refractivity contribution is 7.99. The first kappa shape index (κ1) is 24.0. The van der Waals surface area contributed by atoms with Gasteiger partial charge in [0.2, 0.25) is 5.91 Å². The Bertz CT molecular complexity index is 1290. The second kappa shape index (κ2) is 11.8. The Morgan fingerprint density at radius 2 is 1.71 bits per heavy atom. The van der Waals surface area contributed by atoms with Crippen LogP contribution in [0.1, 0.15) is 15.9 Å². The molecule has 0 spiro atoms. The van der Waals surface area contributed by atoms with Crippen LogP contribution in [0.15, 0.2) is 90.3 Å². The molecular weight excluding hydrogens is 462 g/mol. The molecule has 0 atom stereocenters. The molecule has 0 aliphatic carbocycles. The summed E-state index contributed by atoms with van der Waals surface area (Å²) in [5, 5.41) is 14.4. The van der Waals surface area contributed by atoms with Gasteiger partial charge in [0, 0.05) is 6.54 Å². The van der Waals surface area contributed by atoms with Gasteiger partial charge in [0.25, 0.3) is 5.91 Å². The largest absolute Gasteiger partial charge is 0.495 e. The smallest absolute Gasteiger partial charge is 0.253 e. The van der Waals surface area contributed by atoms with Gasteiger partial charge in [0.1, 0.15) is 12.1 Å². The first-order chi connectivity index (χ1) is 17.2. The minimum atomic E-state index is -0.255. The number of thioether (sulfide) groups is 1. The van der Waals surface area contributed by atoms with Crippen molar-refractivity contribution in [2.75, 3.05) is 24.7 Å². The van der Waals surface area contributed by atoms with Crippen LogP contribution in [0.3, 0.4) is 0 Å². The summed E-state index contributed by atoms with van der Waals surface area (Å²) in [5.41, 5.74) is 2.80. The molecule has 8 nitrogen and oxygen atoms in total. The van der Waals surface area contributed by atoms with Gasteiger partial charge in [-0.3, -0.25) is 14.2 Å². The number of nitrogens with zero attached hydrogens (tertiary/aromatic N) is 3. The quantitative estimate of drug-likeness (QED) is 0.329. The molecule has 0 saturated carbocycles. The molecule has 9 heteroatoms. The number of aromatic nitrogens is 3. The normalized spacial score (nSPS) is 10.5. The summed E-state index contributed by atoms with van der Waals surface area (Å²) in [6.45, 7) is 0.500. The average molecular weight is 488 g/mol. The predicted octanol–water partition coefficient (Wildman–Crippen LogP) is 3.98. The van der Waals surface area contributed by atoms with Crippen LogP contribution in [0.25, 0.3) is 5.69 Å². The van der Waals surface area contributed by atoms with Crippen molar-refractivity contribution in [2.45, 2.75) is 11.6 Å². The second-order valence-corrected chi connectivity index (χ2v) is 8.47. The number of ether oxygens (including phenoxy) is 1. The topological polar surface area (TPSA) is 98.1 Å². The fourth-order valence-electron chi connectivity index (χ4n) is 3.48. The molecule has 2 amide bonds. The van der Waals surface area contributed by atoms with Crippen LogP contribution in [0, 0.1) is 0 Å². The molecule has 0 radical (unpaired) electrons. The zero-order valence-corrected chi connectivity index (χ0v) is 20.0. The van der Waals surface area contributed by atoms with E-state index in [0.717, 1.165) is 17.7 Å². The van der Waals surface area contributed by atoms with Crippen LogP contribution in [-0.4, -0.2) is 46.0 Å². The Balaban J connectivity index is 1.36. The average Bonchev–Trinajstić information content (AvgIpc) is 3.37. The molecule has 4 aromatic rings. The minimum absolute atomic E-state index is 0.0950. The summed E-state index contributed by atoms with van der Waals surface area (Å²) in [6, 6.07) is 24.4. The lowest BCUT2D eigenvalue weighted by Gasteiger charge is -2.12. The molecule has 0 bridgehead atoms. The van der Waals surface area contributed by atoms with Gasteiger partial charge in [-0.2, -0.15) is 0 Å². The van der Waals surface area contributed by atoms with Crippen molar-refractivity contribution >= 4 is 29.3 Å². The van der Waals surface area contributed by atoms with Gasteiger partial charge in [0.05, 0.1) is 29.8 Å². The van der Waals surface area contributed by atoms with E-state index in [1.165, 1.54) is 11.8 Å². The minimum Gasteiger partial charge on any atom is -0.495 e. The van der Waals surface area contributed by atoms with E-state index < -0.39 is 0 Å². The molecule has 4 rings (SSSR count). The number of amides is 2. The maximum Gasteiger partial charge on any atom is 0.253 e. The first-order valence-corrected chi connectivity index (χ1v) is 12.0. The van der Waals surface area contributed by atoms with Gasteiger partial charge in [0.15, 0.2) is 5.16 Å². The van der Waals surface area contributed by atoms with E-state index >= 15 is 0 Å². The standard InChI is InChI=1S/C26H25N5O3S/c1-34-23-14-8-7-13-22(23)31-18-28-30-26(31)35-17-24(32)29-21-12-6-5-11-20(21)25(33)27-16-15-19-9-3-2-4-10-19/h2-14,18H,15-17H2,1H3,(H,27,33)(H,29,32). The number of para-hydroxylation sites is 3. The van der Waals surface area contributed by atoms with E-state index in [4.69, 9.17) is 4.74 Å². The van der Waals surface area contributed by atoms with E-state index in [1.54, 1.807) is 42.3 Å². The molecule has 0 aliphatic rings. The van der Waals surface area contributed by atoms with Crippen molar-refractivity contribution in [3.63, 3.8) is 0 Å². The second-order valence-electron chi connectivity index (χ2n) is 7.53. The van der Waals surface area contributed by atoms with Crippen molar-refractivity contribution in [3.8, 4) is 11.4 Å². The molecule has 3 aromatic carbocycles. The molecule has 2 N–H and O–H groups in total. The van der Waals surface area contributed by atoms with Crippen molar-refractivity contribution in [3.05, 3.63) is 96.3 Å². The molecule has 1 heterocycles. The summed E-state index contributed by atoms with van der Waals surface area (Å²) in [6.07, 6.45) is 2.30. The van der Waals surface area contributed by atoms with E-state index in [0.29, 0.717) is 28.7 Å². The lowest BCUT2D eigenvalue weighted by Crippen LogP contribution is -2.27. The van der Waals surface area contributed by atoms with E-state index in [9.17, 15) is 9.59 Å². The van der Waals surface area contributed by atoms with Crippen LogP contribution in [0.5, 0.6) is 5.75 Å². The predicted molar refractivity (Wildman–Crippen MR) is 136 cm³/mol. The maximum atomic E-state index is 12.7. The van der Waals surface area contributed by atoms with Crippen LogP contribution >= 0.6 is 11.8 Å². The molecule has 1 aromatic heterocycles. The number of carbonyl (C=O) groups is 2. The number of carbonyl (C=O) groups excluding carboxylic acids is 2. The molecular formula is C26H25N5O3S. The van der Waals surface area contributed by atoms with E-state index in [2.05, 4.69) is 20.8 Å². The summed E-state index contributed by atoms with van der Waals surface area (Å²) >= 11 is 1.24. The summed E-state index contributed by atoms with van der Waals surface area (Å²) < 4.78 is 7.18. The summed E-state index contributed by atoms with van der Waals surface area (Å²) in [5.74, 6) is 0.276. The van der Waals surface area contributed by atoms with Crippen molar-refractivity contribution in [1.29, 1.82) is 0 Å². The lowest BCUT2D eigenvalue weighted by atomic mass is 10.1.